The summed E-state index contributed by atoms with van der Waals surface area (Å²) >= 11 is 0. The molecule has 0 saturated heterocycles. The molecule has 3 nitrogen and oxygen atoms in total. The summed E-state index contributed by atoms with van der Waals surface area (Å²) in [5.74, 6) is 0.756. The maximum absolute atomic E-state index is 12.7. The lowest BCUT2D eigenvalue weighted by Crippen LogP contribution is -2.69. The number of hydrogen-bond acceptors (Lipinski definition) is 1. The minimum absolute atomic E-state index is 0.0394. The van der Waals surface area contributed by atoms with Gasteiger partial charge in [-0.25, -0.2) is 4.79 Å². The second-order valence-corrected chi connectivity index (χ2v) is 6.20. The molecule has 0 unspecified atom stereocenters. The largest absolute Gasteiger partial charge is 0.416 e. The normalized spacial score (nSPS) is 28.1. The van der Waals surface area contributed by atoms with Gasteiger partial charge in [-0.1, -0.05) is 12.1 Å². The van der Waals surface area contributed by atoms with Crippen LogP contribution in [0.25, 0.3) is 0 Å². The SMILES string of the molecule is C[C@@H](NC(=O)NC12CC(C1)C2)c1cccc(C(F)(F)F)c1. The van der Waals surface area contributed by atoms with Crippen molar-refractivity contribution in [2.45, 2.75) is 43.9 Å². The summed E-state index contributed by atoms with van der Waals surface area (Å²) in [6.07, 6.45) is -1.29. The Balaban J connectivity index is 1.61. The van der Waals surface area contributed by atoms with Crippen molar-refractivity contribution in [3.05, 3.63) is 35.4 Å². The molecule has 3 fully saturated rings. The van der Waals surface area contributed by atoms with Crippen LogP contribution in [0.4, 0.5) is 18.0 Å². The molecule has 0 heterocycles. The molecular formula is C15H17F3N2O. The zero-order chi connectivity index (χ0) is 15.3. The first kappa shape index (κ1) is 14.2. The number of benzene rings is 1. The Morgan fingerprint density at radius 2 is 2.00 bits per heavy atom. The molecule has 0 radical (unpaired) electrons. The van der Waals surface area contributed by atoms with E-state index in [0.29, 0.717) is 5.56 Å². The van der Waals surface area contributed by atoms with Gasteiger partial charge >= 0.3 is 12.2 Å². The van der Waals surface area contributed by atoms with Crippen molar-refractivity contribution >= 4 is 6.03 Å². The lowest BCUT2D eigenvalue weighted by Gasteiger charge is -2.61. The molecule has 2 bridgehead atoms. The predicted octanol–water partition coefficient (Wildman–Crippen LogP) is 3.62. The highest BCUT2D eigenvalue weighted by Crippen LogP contribution is 2.56. The zero-order valence-electron chi connectivity index (χ0n) is 11.6. The molecular weight excluding hydrogens is 281 g/mol. The topological polar surface area (TPSA) is 41.1 Å². The summed E-state index contributed by atoms with van der Waals surface area (Å²) in [5, 5.41) is 5.64. The van der Waals surface area contributed by atoms with Crippen molar-refractivity contribution in [3.8, 4) is 0 Å². The highest BCUT2D eigenvalue weighted by molar-refractivity contribution is 5.76. The number of amides is 2. The van der Waals surface area contributed by atoms with Crippen molar-refractivity contribution < 1.29 is 18.0 Å². The second kappa shape index (κ2) is 4.64. The van der Waals surface area contributed by atoms with Crippen LogP contribution in [-0.4, -0.2) is 11.6 Å². The van der Waals surface area contributed by atoms with Gasteiger partial charge in [-0.15, -0.1) is 0 Å². The van der Waals surface area contributed by atoms with Crippen LogP contribution in [0.15, 0.2) is 24.3 Å². The molecule has 1 aromatic carbocycles. The average molecular weight is 298 g/mol. The van der Waals surface area contributed by atoms with Gasteiger partial charge in [-0.3, -0.25) is 0 Å². The Morgan fingerprint density at radius 3 is 2.52 bits per heavy atom. The van der Waals surface area contributed by atoms with Gasteiger partial charge < -0.3 is 10.6 Å². The number of halogens is 3. The molecule has 3 aliphatic carbocycles. The van der Waals surface area contributed by atoms with E-state index in [1.54, 1.807) is 13.0 Å². The van der Waals surface area contributed by atoms with E-state index in [4.69, 9.17) is 0 Å². The van der Waals surface area contributed by atoms with Crippen LogP contribution in [0.2, 0.25) is 0 Å². The average Bonchev–Trinajstić information content (AvgIpc) is 2.31. The first-order valence-corrected chi connectivity index (χ1v) is 7.03. The fraction of sp³-hybridized carbons (Fsp3) is 0.533. The van der Waals surface area contributed by atoms with Gasteiger partial charge in [-0.05, 0) is 49.8 Å². The first-order valence-electron chi connectivity index (χ1n) is 7.03. The molecule has 0 aromatic heterocycles. The number of carbonyl (C=O) groups excluding carboxylic acids is 1. The van der Waals surface area contributed by atoms with Crippen molar-refractivity contribution in [1.82, 2.24) is 10.6 Å². The fourth-order valence-electron chi connectivity index (χ4n) is 3.17. The zero-order valence-corrected chi connectivity index (χ0v) is 11.6. The van der Waals surface area contributed by atoms with Crippen molar-refractivity contribution in [1.29, 1.82) is 0 Å². The molecule has 114 valence electrons. The van der Waals surface area contributed by atoms with Crippen LogP contribution in [0.5, 0.6) is 0 Å². The van der Waals surface area contributed by atoms with Crippen LogP contribution < -0.4 is 10.6 Å². The standard InChI is InChI=1S/C15H17F3N2O/c1-9(11-3-2-4-12(5-11)15(16,17)18)19-13(21)20-14-6-10(7-14)8-14/h2-5,9-10H,6-8H2,1H3,(H2,19,20,21)/t9-,10?,14?/m1/s1. The van der Waals surface area contributed by atoms with E-state index < -0.39 is 17.8 Å². The molecule has 1 atom stereocenters. The lowest BCUT2D eigenvalue weighted by atomic mass is 9.50. The molecule has 2 N–H and O–H groups in total. The van der Waals surface area contributed by atoms with Crippen molar-refractivity contribution in [3.63, 3.8) is 0 Å². The van der Waals surface area contributed by atoms with Crippen LogP contribution >= 0.6 is 0 Å². The quantitative estimate of drug-likeness (QED) is 0.879. The van der Waals surface area contributed by atoms with Gasteiger partial charge in [0, 0.05) is 5.54 Å². The van der Waals surface area contributed by atoms with Crippen molar-refractivity contribution in [2.75, 3.05) is 0 Å². The van der Waals surface area contributed by atoms with Crippen molar-refractivity contribution in [2.24, 2.45) is 5.92 Å². The summed E-state index contributed by atoms with van der Waals surface area (Å²) in [4.78, 5) is 11.9. The summed E-state index contributed by atoms with van der Waals surface area (Å²) in [5.41, 5.74) is -0.298. The summed E-state index contributed by atoms with van der Waals surface area (Å²) in [7, 11) is 0. The Bertz CT molecular complexity index is 553. The minimum Gasteiger partial charge on any atom is -0.333 e. The molecule has 3 saturated carbocycles. The summed E-state index contributed by atoms with van der Waals surface area (Å²) in [6.45, 7) is 1.68. The van der Waals surface area contributed by atoms with E-state index in [9.17, 15) is 18.0 Å². The second-order valence-electron chi connectivity index (χ2n) is 6.20. The smallest absolute Gasteiger partial charge is 0.333 e. The molecule has 0 aliphatic heterocycles. The number of hydrogen-bond donors (Lipinski definition) is 2. The molecule has 1 aromatic rings. The molecule has 6 heteroatoms. The Hall–Kier alpha value is -1.72. The van der Waals surface area contributed by atoms with Crippen LogP contribution in [-0.2, 0) is 6.18 Å². The van der Waals surface area contributed by atoms with Gasteiger partial charge in [0.05, 0.1) is 11.6 Å². The van der Waals surface area contributed by atoms with E-state index in [-0.39, 0.29) is 11.6 Å². The van der Waals surface area contributed by atoms with E-state index in [1.165, 1.54) is 6.07 Å². The molecule has 2 amide bonds. The van der Waals surface area contributed by atoms with E-state index in [1.807, 2.05) is 0 Å². The monoisotopic (exact) mass is 298 g/mol. The predicted molar refractivity (Wildman–Crippen MR) is 71.6 cm³/mol. The number of urea groups is 1. The Morgan fingerprint density at radius 1 is 1.33 bits per heavy atom. The van der Waals surface area contributed by atoms with Gasteiger partial charge in [0.1, 0.15) is 0 Å². The van der Waals surface area contributed by atoms with E-state index >= 15 is 0 Å². The molecule has 3 aliphatic rings. The third kappa shape index (κ3) is 2.71. The van der Waals surface area contributed by atoms with Crippen LogP contribution in [0.1, 0.15) is 43.4 Å². The van der Waals surface area contributed by atoms with Gasteiger partial charge in [0.25, 0.3) is 0 Å². The molecule has 4 rings (SSSR count). The maximum atomic E-state index is 12.7. The number of rotatable bonds is 3. The summed E-state index contributed by atoms with van der Waals surface area (Å²) < 4.78 is 38.0. The minimum atomic E-state index is -4.37. The third-order valence-electron chi connectivity index (χ3n) is 4.48. The van der Waals surface area contributed by atoms with Gasteiger partial charge in [0.15, 0.2) is 0 Å². The Kier molecular flexibility index (Phi) is 3.15. The Labute approximate surface area is 120 Å². The number of carbonyl (C=O) groups is 1. The maximum Gasteiger partial charge on any atom is 0.416 e. The summed E-state index contributed by atoms with van der Waals surface area (Å²) in [6, 6.07) is 4.26. The van der Waals surface area contributed by atoms with Crippen LogP contribution in [0, 0.1) is 5.92 Å². The number of nitrogens with one attached hydrogen (secondary N) is 2. The lowest BCUT2D eigenvalue weighted by molar-refractivity contribution is -0.137. The highest BCUT2D eigenvalue weighted by Gasteiger charge is 2.57. The third-order valence-corrected chi connectivity index (χ3v) is 4.48. The van der Waals surface area contributed by atoms with E-state index in [0.717, 1.165) is 37.3 Å². The first-order chi connectivity index (χ1) is 9.77. The van der Waals surface area contributed by atoms with Crippen LogP contribution in [0.3, 0.4) is 0 Å². The fourth-order valence-corrected chi connectivity index (χ4v) is 3.17. The van der Waals surface area contributed by atoms with E-state index in [2.05, 4.69) is 10.6 Å². The van der Waals surface area contributed by atoms with Gasteiger partial charge in [-0.2, -0.15) is 13.2 Å². The van der Waals surface area contributed by atoms with Gasteiger partial charge in [0.2, 0.25) is 0 Å². The molecule has 0 spiro atoms. The molecule has 21 heavy (non-hydrogen) atoms. The number of alkyl halides is 3. The highest BCUT2D eigenvalue weighted by atomic mass is 19.4.